The zero-order valence-electron chi connectivity index (χ0n) is 25.0. The SMILES string of the molecule is COc1ccc(-c2ccncc2)cc1CN(C(=O)c1sc2c(F)ccc(F)c2c1Cl)[C@H]1CC[C@@H](NC(=O)OC(C)(C)C)CC1. The Morgan fingerprint density at radius 1 is 1.02 bits per heavy atom. The minimum Gasteiger partial charge on any atom is -0.496 e. The van der Waals surface area contributed by atoms with Gasteiger partial charge < -0.3 is 19.7 Å². The quantitative estimate of drug-likeness (QED) is 0.219. The highest BCUT2D eigenvalue weighted by Crippen LogP contribution is 2.40. The van der Waals surface area contributed by atoms with Gasteiger partial charge in [-0.25, -0.2) is 13.6 Å². The van der Waals surface area contributed by atoms with Gasteiger partial charge in [0.05, 0.1) is 22.2 Å². The van der Waals surface area contributed by atoms with Crippen LogP contribution in [0.3, 0.4) is 0 Å². The summed E-state index contributed by atoms with van der Waals surface area (Å²) in [5.74, 6) is -1.15. The number of nitrogens with zero attached hydrogens (tertiary/aromatic N) is 2. The highest BCUT2D eigenvalue weighted by molar-refractivity contribution is 7.21. The molecule has 1 fully saturated rings. The van der Waals surface area contributed by atoms with Gasteiger partial charge in [0.25, 0.3) is 5.91 Å². The van der Waals surface area contributed by atoms with Gasteiger partial charge in [-0.1, -0.05) is 17.7 Å². The minimum atomic E-state index is -0.686. The van der Waals surface area contributed by atoms with Crippen LogP contribution in [-0.4, -0.2) is 46.7 Å². The first kappa shape index (κ1) is 31.7. The van der Waals surface area contributed by atoms with Crippen molar-refractivity contribution < 1.29 is 27.8 Å². The highest BCUT2D eigenvalue weighted by Gasteiger charge is 2.34. The van der Waals surface area contributed by atoms with Crippen molar-refractivity contribution in [2.45, 2.75) is 70.7 Å². The monoisotopic (exact) mass is 641 g/mol. The molecule has 0 aliphatic heterocycles. The topological polar surface area (TPSA) is 80.8 Å². The molecular formula is C33H34ClF2N3O4S. The molecule has 4 aromatic rings. The van der Waals surface area contributed by atoms with Crippen molar-refractivity contribution in [3.05, 3.63) is 82.0 Å². The van der Waals surface area contributed by atoms with E-state index < -0.39 is 29.2 Å². The largest absolute Gasteiger partial charge is 0.496 e. The zero-order valence-corrected chi connectivity index (χ0v) is 26.5. The number of carbonyl (C=O) groups excluding carboxylic acids is 2. The van der Waals surface area contributed by atoms with E-state index in [9.17, 15) is 18.4 Å². The van der Waals surface area contributed by atoms with E-state index in [4.69, 9.17) is 21.1 Å². The van der Waals surface area contributed by atoms with Crippen molar-refractivity contribution in [1.29, 1.82) is 0 Å². The molecule has 5 rings (SSSR count). The average molecular weight is 642 g/mol. The molecule has 11 heteroatoms. The van der Waals surface area contributed by atoms with Gasteiger partial charge in [0, 0.05) is 36.6 Å². The van der Waals surface area contributed by atoms with Crippen LogP contribution in [0.5, 0.6) is 5.75 Å². The van der Waals surface area contributed by atoms with Crippen LogP contribution in [0.4, 0.5) is 13.6 Å². The molecule has 7 nitrogen and oxygen atoms in total. The van der Waals surface area contributed by atoms with E-state index in [0.29, 0.717) is 31.4 Å². The molecule has 2 amide bonds. The molecular weight excluding hydrogens is 608 g/mol. The molecule has 232 valence electrons. The number of pyridine rings is 1. The Bertz CT molecular complexity index is 1670. The number of fused-ring (bicyclic) bond motifs is 1. The second-order valence-electron chi connectivity index (χ2n) is 11.8. The van der Waals surface area contributed by atoms with Crippen molar-refractivity contribution in [2.75, 3.05) is 7.11 Å². The lowest BCUT2D eigenvalue weighted by Crippen LogP contribution is -2.46. The lowest BCUT2D eigenvalue weighted by Gasteiger charge is -2.37. The summed E-state index contributed by atoms with van der Waals surface area (Å²) in [6.07, 6.45) is 5.35. The molecule has 1 aliphatic carbocycles. The number of alkyl carbamates (subject to hydrolysis) is 1. The fourth-order valence-electron chi connectivity index (χ4n) is 5.55. The van der Waals surface area contributed by atoms with Crippen molar-refractivity contribution in [2.24, 2.45) is 0 Å². The molecule has 0 radical (unpaired) electrons. The third kappa shape index (κ3) is 6.97. The first-order chi connectivity index (χ1) is 20.9. The molecule has 0 atom stereocenters. The van der Waals surface area contributed by atoms with Crippen LogP contribution in [0.2, 0.25) is 5.02 Å². The van der Waals surface area contributed by atoms with Gasteiger partial charge in [0.1, 0.15) is 27.9 Å². The van der Waals surface area contributed by atoms with Crippen LogP contribution in [-0.2, 0) is 11.3 Å². The van der Waals surface area contributed by atoms with E-state index in [1.165, 1.54) is 0 Å². The Hall–Kier alpha value is -3.76. The lowest BCUT2D eigenvalue weighted by atomic mass is 9.89. The van der Waals surface area contributed by atoms with Gasteiger partial charge in [0.15, 0.2) is 0 Å². The molecule has 2 aromatic heterocycles. The van der Waals surface area contributed by atoms with Gasteiger partial charge in [-0.2, -0.15) is 0 Å². The van der Waals surface area contributed by atoms with E-state index in [0.717, 1.165) is 40.2 Å². The van der Waals surface area contributed by atoms with Gasteiger partial charge in [-0.05, 0) is 94.0 Å². The van der Waals surface area contributed by atoms with E-state index >= 15 is 0 Å². The number of halogens is 3. The van der Waals surface area contributed by atoms with E-state index in [1.54, 1.807) is 24.4 Å². The molecule has 44 heavy (non-hydrogen) atoms. The standard InChI is InChI=1S/C33H34ClF2N3O4S/c1-33(2,3)43-32(41)38-22-6-8-23(9-7-22)39(31(40)30-28(34)27-24(35)10-11-25(36)29(27)44-30)18-21-17-20(5-12-26(21)42-4)19-13-15-37-16-14-19/h5,10-17,22-23H,6-9,18H2,1-4H3,(H,38,41)/t22-,23+. The number of nitrogens with one attached hydrogen (secondary N) is 1. The third-order valence-corrected chi connectivity index (χ3v) is 9.31. The smallest absolute Gasteiger partial charge is 0.407 e. The number of thiophene rings is 1. The van der Waals surface area contributed by atoms with Crippen LogP contribution >= 0.6 is 22.9 Å². The van der Waals surface area contributed by atoms with Crippen LogP contribution in [0.15, 0.2) is 54.9 Å². The lowest BCUT2D eigenvalue weighted by molar-refractivity contribution is 0.0453. The average Bonchev–Trinajstić information content (AvgIpc) is 3.35. The molecule has 1 saturated carbocycles. The predicted octanol–water partition coefficient (Wildman–Crippen LogP) is 8.38. The van der Waals surface area contributed by atoms with Gasteiger partial charge in [0.2, 0.25) is 0 Å². The molecule has 2 heterocycles. The van der Waals surface area contributed by atoms with Gasteiger partial charge in [-0.15, -0.1) is 11.3 Å². The third-order valence-electron chi connectivity index (χ3n) is 7.63. The normalized spacial score (nSPS) is 16.9. The number of hydrogen-bond donors (Lipinski definition) is 1. The Labute approximate surface area is 264 Å². The van der Waals surface area contributed by atoms with E-state index in [2.05, 4.69) is 10.3 Å². The summed E-state index contributed by atoms with van der Waals surface area (Å²) in [6.45, 7) is 5.59. The summed E-state index contributed by atoms with van der Waals surface area (Å²) in [4.78, 5) is 32.6. The van der Waals surface area contributed by atoms with Gasteiger partial charge in [-0.3, -0.25) is 9.78 Å². The molecule has 0 unspecified atom stereocenters. The second-order valence-corrected chi connectivity index (χ2v) is 13.2. The second kappa shape index (κ2) is 13.1. The molecule has 0 bridgehead atoms. The zero-order chi connectivity index (χ0) is 31.6. The van der Waals surface area contributed by atoms with E-state index in [1.807, 2.05) is 51.1 Å². The number of methoxy groups -OCH3 is 1. The number of amides is 2. The van der Waals surface area contributed by atoms with Crippen LogP contribution < -0.4 is 10.1 Å². The number of ether oxygens (including phenoxy) is 2. The summed E-state index contributed by atoms with van der Waals surface area (Å²) in [5, 5.41) is 2.74. The van der Waals surface area contributed by atoms with Crippen molar-refractivity contribution in [1.82, 2.24) is 15.2 Å². The summed E-state index contributed by atoms with van der Waals surface area (Å²) in [7, 11) is 1.57. The molecule has 1 aliphatic rings. The maximum atomic E-state index is 14.7. The minimum absolute atomic E-state index is 0.000772. The van der Waals surface area contributed by atoms with Crippen LogP contribution in [0.25, 0.3) is 21.2 Å². The Morgan fingerprint density at radius 3 is 2.34 bits per heavy atom. The number of benzene rings is 2. The summed E-state index contributed by atoms with van der Waals surface area (Å²) >= 11 is 7.43. The Morgan fingerprint density at radius 2 is 1.70 bits per heavy atom. The fourth-order valence-corrected chi connectivity index (χ4v) is 7.05. The first-order valence-corrected chi connectivity index (χ1v) is 15.6. The Balaban J connectivity index is 1.47. The number of carbonyl (C=O) groups is 2. The van der Waals surface area contributed by atoms with Crippen LogP contribution in [0.1, 0.15) is 61.7 Å². The molecule has 1 N–H and O–H groups in total. The summed E-state index contributed by atoms with van der Waals surface area (Å²) < 4.78 is 40.5. The molecule has 0 saturated heterocycles. The van der Waals surface area contributed by atoms with E-state index in [-0.39, 0.29) is 38.6 Å². The van der Waals surface area contributed by atoms with Gasteiger partial charge >= 0.3 is 6.09 Å². The predicted molar refractivity (Wildman–Crippen MR) is 168 cm³/mol. The molecule has 2 aromatic carbocycles. The fraction of sp³-hybridized carbons (Fsp3) is 0.364. The first-order valence-electron chi connectivity index (χ1n) is 14.4. The summed E-state index contributed by atoms with van der Waals surface area (Å²) in [5.41, 5.74) is 2.02. The maximum Gasteiger partial charge on any atom is 0.407 e. The number of aromatic nitrogens is 1. The molecule has 0 spiro atoms. The maximum absolute atomic E-state index is 14.7. The Kier molecular flexibility index (Phi) is 9.41. The van der Waals surface area contributed by atoms with Crippen molar-refractivity contribution >= 4 is 45.0 Å². The number of hydrogen-bond acceptors (Lipinski definition) is 6. The highest BCUT2D eigenvalue weighted by atomic mass is 35.5. The number of rotatable bonds is 7. The van der Waals surface area contributed by atoms with Crippen LogP contribution in [0, 0.1) is 11.6 Å². The van der Waals surface area contributed by atoms with Crippen molar-refractivity contribution in [3.63, 3.8) is 0 Å². The summed E-state index contributed by atoms with van der Waals surface area (Å²) in [6, 6.07) is 11.2. The van der Waals surface area contributed by atoms with Crippen molar-refractivity contribution in [3.8, 4) is 16.9 Å².